The van der Waals surface area contributed by atoms with Crippen LogP contribution < -0.4 is 4.90 Å². The molecule has 106 valence electrons. The summed E-state index contributed by atoms with van der Waals surface area (Å²) in [6, 6.07) is 2.93. The number of nitrogens with zero attached hydrogens (tertiary/aromatic N) is 3. The number of hydrogen-bond acceptors (Lipinski definition) is 3. The van der Waals surface area contributed by atoms with E-state index in [0.29, 0.717) is 6.04 Å². The summed E-state index contributed by atoms with van der Waals surface area (Å²) >= 11 is 3.49. The molecule has 1 aliphatic rings. The summed E-state index contributed by atoms with van der Waals surface area (Å²) in [6.45, 7) is 11.2. The van der Waals surface area contributed by atoms with E-state index in [0.717, 1.165) is 31.5 Å². The zero-order valence-corrected chi connectivity index (χ0v) is 13.8. The summed E-state index contributed by atoms with van der Waals surface area (Å²) in [5.74, 6) is 1.17. The van der Waals surface area contributed by atoms with Crippen LogP contribution in [0.25, 0.3) is 0 Å². The molecule has 1 saturated heterocycles. The fourth-order valence-electron chi connectivity index (χ4n) is 3.00. The first-order chi connectivity index (χ1) is 9.19. The number of aryl methyl sites for hydroxylation is 1. The second-order valence-electron chi connectivity index (χ2n) is 5.23. The number of halogens is 1. The number of hydrogen-bond donors (Lipinski definition) is 0. The molecule has 2 rings (SSSR count). The first-order valence-corrected chi connectivity index (χ1v) is 8.32. The molecule has 1 fully saturated rings. The quantitative estimate of drug-likeness (QED) is 0.775. The van der Waals surface area contributed by atoms with E-state index in [1.165, 1.54) is 23.4 Å². The molecule has 4 heteroatoms. The van der Waals surface area contributed by atoms with E-state index < -0.39 is 0 Å². The van der Waals surface area contributed by atoms with Crippen molar-refractivity contribution in [2.24, 2.45) is 0 Å². The van der Waals surface area contributed by atoms with Gasteiger partial charge in [-0.05, 0) is 37.6 Å². The first kappa shape index (κ1) is 14.8. The number of rotatable bonds is 5. The third-order valence-corrected chi connectivity index (χ3v) is 4.70. The Kier molecular flexibility index (Phi) is 5.22. The molecule has 0 aliphatic carbocycles. The van der Waals surface area contributed by atoms with Crippen molar-refractivity contribution in [2.75, 3.05) is 31.1 Å². The average Bonchev–Trinajstić information content (AvgIpc) is 2.89. The van der Waals surface area contributed by atoms with Gasteiger partial charge in [0.05, 0.1) is 0 Å². The van der Waals surface area contributed by atoms with E-state index >= 15 is 0 Å². The number of pyridine rings is 1. The van der Waals surface area contributed by atoms with Gasteiger partial charge in [-0.3, -0.25) is 4.90 Å². The van der Waals surface area contributed by atoms with Crippen molar-refractivity contribution in [2.45, 2.75) is 38.6 Å². The van der Waals surface area contributed by atoms with E-state index in [9.17, 15) is 0 Å². The number of alkyl halides is 1. The van der Waals surface area contributed by atoms with Crippen LogP contribution in [0.3, 0.4) is 0 Å². The molecule has 0 radical (unpaired) electrons. The highest BCUT2D eigenvalue weighted by molar-refractivity contribution is 9.08. The molecule has 1 unspecified atom stereocenters. The molecule has 0 aromatic carbocycles. The van der Waals surface area contributed by atoms with Gasteiger partial charge in [-0.2, -0.15) is 0 Å². The van der Waals surface area contributed by atoms with Crippen LogP contribution in [0.15, 0.2) is 12.3 Å². The standard InChI is InChI=1S/C15H24BrN3/c1-4-18(5-2)14-6-7-19(11-14)15-12(3)8-13(9-16)10-17-15/h8,10,14H,4-7,9,11H2,1-3H3. The van der Waals surface area contributed by atoms with Gasteiger partial charge in [0.15, 0.2) is 0 Å². The van der Waals surface area contributed by atoms with Gasteiger partial charge >= 0.3 is 0 Å². The van der Waals surface area contributed by atoms with Crippen LogP contribution in [0.2, 0.25) is 0 Å². The van der Waals surface area contributed by atoms with Gasteiger partial charge in [-0.15, -0.1) is 0 Å². The lowest BCUT2D eigenvalue weighted by Crippen LogP contribution is -2.37. The van der Waals surface area contributed by atoms with E-state index in [1.807, 2.05) is 6.20 Å². The van der Waals surface area contributed by atoms with E-state index in [1.54, 1.807) is 0 Å². The minimum atomic E-state index is 0.687. The smallest absolute Gasteiger partial charge is 0.131 e. The highest BCUT2D eigenvalue weighted by atomic mass is 79.9. The molecule has 1 aromatic heterocycles. The summed E-state index contributed by atoms with van der Waals surface area (Å²) in [7, 11) is 0. The third kappa shape index (κ3) is 3.29. The molecule has 1 aromatic rings. The number of likely N-dealkylation sites (N-methyl/N-ethyl adjacent to an activating group) is 1. The van der Waals surface area contributed by atoms with Gasteiger partial charge in [-0.25, -0.2) is 4.98 Å². The molecular weight excluding hydrogens is 302 g/mol. The van der Waals surface area contributed by atoms with Crippen molar-refractivity contribution in [1.29, 1.82) is 0 Å². The lowest BCUT2D eigenvalue weighted by molar-refractivity contribution is 0.232. The van der Waals surface area contributed by atoms with E-state index in [2.05, 4.69) is 57.6 Å². The normalized spacial score (nSPS) is 19.4. The Morgan fingerprint density at radius 2 is 2.16 bits per heavy atom. The molecule has 1 atom stereocenters. The summed E-state index contributed by atoms with van der Waals surface area (Å²) in [5, 5.41) is 0.878. The Labute approximate surface area is 125 Å². The summed E-state index contributed by atoms with van der Waals surface area (Å²) in [6.07, 6.45) is 3.24. The molecule has 0 amide bonds. The Balaban J connectivity index is 2.08. The van der Waals surface area contributed by atoms with Gasteiger partial charge < -0.3 is 4.90 Å². The second-order valence-corrected chi connectivity index (χ2v) is 5.79. The zero-order chi connectivity index (χ0) is 13.8. The topological polar surface area (TPSA) is 19.4 Å². The van der Waals surface area contributed by atoms with Gasteiger partial charge in [0.25, 0.3) is 0 Å². The lowest BCUT2D eigenvalue weighted by atomic mass is 10.2. The van der Waals surface area contributed by atoms with Crippen molar-refractivity contribution in [3.8, 4) is 0 Å². The predicted octanol–water partition coefficient (Wildman–Crippen LogP) is 3.21. The van der Waals surface area contributed by atoms with Crippen LogP contribution in [0.1, 0.15) is 31.4 Å². The van der Waals surface area contributed by atoms with Crippen molar-refractivity contribution < 1.29 is 0 Å². The Hall–Kier alpha value is -0.610. The molecule has 2 heterocycles. The minimum absolute atomic E-state index is 0.687. The highest BCUT2D eigenvalue weighted by Crippen LogP contribution is 2.25. The molecule has 3 nitrogen and oxygen atoms in total. The molecule has 1 aliphatic heterocycles. The fourth-order valence-corrected chi connectivity index (χ4v) is 3.31. The molecule has 19 heavy (non-hydrogen) atoms. The van der Waals surface area contributed by atoms with E-state index in [-0.39, 0.29) is 0 Å². The molecule has 0 bridgehead atoms. The summed E-state index contributed by atoms with van der Waals surface area (Å²) < 4.78 is 0. The Bertz CT molecular complexity index is 418. The van der Waals surface area contributed by atoms with Crippen LogP contribution in [0, 0.1) is 6.92 Å². The van der Waals surface area contributed by atoms with Crippen molar-refractivity contribution >= 4 is 21.7 Å². The van der Waals surface area contributed by atoms with E-state index in [4.69, 9.17) is 0 Å². The monoisotopic (exact) mass is 325 g/mol. The maximum atomic E-state index is 4.65. The third-order valence-electron chi connectivity index (χ3n) is 4.05. The van der Waals surface area contributed by atoms with Crippen molar-refractivity contribution in [1.82, 2.24) is 9.88 Å². The average molecular weight is 326 g/mol. The second kappa shape index (κ2) is 6.71. The molecular formula is C15H24BrN3. The minimum Gasteiger partial charge on any atom is -0.355 e. The fraction of sp³-hybridized carbons (Fsp3) is 0.667. The van der Waals surface area contributed by atoms with Crippen molar-refractivity contribution in [3.63, 3.8) is 0 Å². The molecule has 0 N–H and O–H groups in total. The van der Waals surface area contributed by atoms with Gasteiger partial charge in [0.2, 0.25) is 0 Å². The Morgan fingerprint density at radius 1 is 1.42 bits per heavy atom. The zero-order valence-electron chi connectivity index (χ0n) is 12.2. The molecule has 0 spiro atoms. The maximum Gasteiger partial charge on any atom is 0.131 e. The van der Waals surface area contributed by atoms with Crippen LogP contribution in [-0.4, -0.2) is 42.1 Å². The van der Waals surface area contributed by atoms with Gasteiger partial charge in [-0.1, -0.05) is 35.8 Å². The summed E-state index contributed by atoms with van der Waals surface area (Å²) in [4.78, 5) is 9.65. The number of aromatic nitrogens is 1. The van der Waals surface area contributed by atoms with Crippen LogP contribution in [-0.2, 0) is 5.33 Å². The van der Waals surface area contributed by atoms with Gasteiger partial charge in [0.1, 0.15) is 5.82 Å². The molecule has 0 saturated carbocycles. The van der Waals surface area contributed by atoms with Crippen LogP contribution in [0.5, 0.6) is 0 Å². The van der Waals surface area contributed by atoms with Gasteiger partial charge in [0, 0.05) is 30.7 Å². The predicted molar refractivity (Wildman–Crippen MR) is 85.1 cm³/mol. The van der Waals surface area contributed by atoms with Crippen molar-refractivity contribution in [3.05, 3.63) is 23.4 Å². The maximum absolute atomic E-state index is 4.65. The summed E-state index contributed by atoms with van der Waals surface area (Å²) in [5.41, 5.74) is 2.54. The Morgan fingerprint density at radius 3 is 2.74 bits per heavy atom. The first-order valence-electron chi connectivity index (χ1n) is 7.20. The SMILES string of the molecule is CCN(CC)C1CCN(c2ncc(CBr)cc2C)C1. The lowest BCUT2D eigenvalue weighted by Gasteiger charge is -2.26. The van der Waals surface area contributed by atoms with Crippen LogP contribution in [0.4, 0.5) is 5.82 Å². The highest BCUT2D eigenvalue weighted by Gasteiger charge is 2.27. The largest absolute Gasteiger partial charge is 0.355 e. The number of anilines is 1. The van der Waals surface area contributed by atoms with Crippen LogP contribution >= 0.6 is 15.9 Å².